The first-order chi connectivity index (χ1) is 20.2. The Hall–Kier alpha value is -4.96. The van der Waals surface area contributed by atoms with Gasteiger partial charge in [-0.3, -0.25) is 4.57 Å². The number of nitrogens with zero attached hydrogens (tertiary/aromatic N) is 8. The molecule has 42 heavy (non-hydrogen) atoms. The number of nitrogens with one attached hydrogen (secondary N) is 1. The molecule has 12 nitrogen and oxygen atoms in total. The third-order valence-electron chi connectivity index (χ3n) is 7.71. The Morgan fingerprint density at radius 1 is 1.00 bits per heavy atom. The van der Waals surface area contributed by atoms with E-state index in [4.69, 9.17) is 21.0 Å². The molecule has 212 valence electrons. The summed E-state index contributed by atoms with van der Waals surface area (Å²) < 4.78 is 1.91. The lowest BCUT2D eigenvalue weighted by Crippen LogP contribution is -2.51. The van der Waals surface area contributed by atoms with Crippen LogP contribution in [-0.2, 0) is 5.91 Å². The standard InChI is InChI=1S/C30H30N10O2/c1-18-16-24-29(35-19(18)2)40(28(37-24)23-4-3-12-34-27(23)32)22-7-5-20(6-8-22)30(41,42)39-14-10-21(11-15-39)36-25-9-13-33-26(17-31)38-25/h3-9,12-13,16,21,41-42H,10-11,14-15H2,1-2H3,(H2,32,34)(H,33,36,38). The molecule has 12 heteroatoms. The number of nitrogen functional groups attached to an aromatic ring is 1. The van der Waals surface area contributed by atoms with Crippen molar-refractivity contribution in [2.75, 3.05) is 24.1 Å². The highest BCUT2D eigenvalue weighted by atomic mass is 16.5. The summed E-state index contributed by atoms with van der Waals surface area (Å²) in [6, 6.07) is 16.4. The zero-order chi connectivity index (χ0) is 29.4. The molecule has 1 aliphatic rings. The molecule has 0 atom stereocenters. The predicted molar refractivity (Wildman–Crippen MR) is 157 cm³/mol. The fourth-order valence-corrected chi connectivity index (χ4v) is 5.28. The summed E-state index contributed by atoms with van der Waals surface area (Å²) in [5, 5.41) is 34.8. The lowest BCUT2D eigenvalue weighted by Gasteiger charge is -2.40. The number of hydrogen-bond acceptors (Lipinski definition) is 11. The van der Waals surface area contributed by atoms with Gasteiger partial charge in [-0.15, -0.1) is 0 Å². The first-order valence-corrected chi connectivity index (χ1v) is 13.6. The van der Waals surface area contributed by atoms with E-state index in [-0.39, 0.29) is 11.9 Å². The number of imidazole rings is 1. The van der Waals surface area contributed by atoms with Crippen molar-refractivity contribution >= 4 is 22.8 Å². The van der Waals surface area contributed by atoms with Gasteiger partial charge >= 0.3 is 0 Å². The third kappa shape index (κ3) is 5.01. The maximum Gasteiger partial charge on any atom is 0.253 e. The van der Waals surface area contributed by atoms with Gasteiger partial charge in [-0.25, -0.2) is 29.8 Å². The lowest BCUT2D eigenvalue weighted by molar-refractivity contribution is -0.279. The molecule has 1 aromatic carbocycles. The highest BCUT2D eigenvalue weighted by Crippen LogP contribution is 2.33. The molecular weight excluding hydrogens is 532 g/mol. The van der Waals surface area contributed by atoms with Crippen molar-refractivity contribution in [3.8, 4) is 23.1 Å². The van der Waals surface area contributed by atoms with Crippen LogP contribution in [0.3, 0.4) is 0 Å². The van der Waals surface area contributed by atoms with Gasteiger partial charge in [-0.05, 0) is 68.7 Å². The monoisotopic (exact) mass is 562 g/mol. The first-order valence-electron chi connectivity index (χ1n) is 13.6. The predicted octanol–water partition coefficient (Wildman–Crippen LogP) is 3.01. The quantitative estimate of drug-likeness (QED) is 0.224. The molecule has 5 N–H and O–H groups in total. The molecular formula is C30H30N10O2. The molecule has 0 aliphatic carbocycles. The molecule has 0 radical (unpaired) electrons. The highest BCUT2D eigenvalue weighted by Gasteiger charge is 2.37. The van der Waals surface area contributed by atoms with E-state index in [2.05, 4.69) is 20.3 Å². The number of nitriles is 1. The van der Waals surface area contributed by atoms with Crippen molar-refractivity contribution in [2.45, 2.75) is 38.6 Å². The second-order valence-corrected chi connectivity index (χ2v) is 10.4. The SMILES string of the molecule is Cc1cc2nc(-c3cccnc3N)n(-c3ccc(C(O)(O)N4CCC(Nc5ccnc(C#N)n5)CC4)cc3)c2nc1C. The second kappa shape index (κ2) is 10.8. The highest BCUT2D eigenvalue weighted by molar-refractivity contribution is 5.83. The van der Waals surface area contributed by atoms with Crippen LogP contribution in [0.5, 0.6) is 0 Å². The third-order valence-corrected chi connectivity index (χ3v) is 7.71. The Kier molecular flexibility index (Phi) is 6.99. The van der Waals surface area contributed by atoms with Crippen molar-refractivity contribution in [1.82, 2.24) is 34.4 Å². The van der Waals surface area contributed by atoms with Crippen LogP contribution >= 0.6 is 0 Å². The number of aromatic nitrogens is 6. The number of rotatable bonds is 6. The topological polar surface area (TPSA) is 175 Å². The summed E-state index contributed by atoms with van der Waals surface area (Å²) in [6.45, 7) is 4.84. The largest absolute Gasteiger partial charge is 0.383 e. The van der Waals surface area contributed by atoms with Crippen LogP contribution in [0.15, 0.2) is 60.9 Å². The van der Waals surface area contributed by atoms with Gasteiger partial charge in [0.15, 0.2) is 11.5 Å². The molecule has 1 saturated heterocycles. The number of piperidine rings is 1. The molecule has 0 spiro atoms. The fraction of sp³-hybridized carbons (Fsp3) is 0.267. The van der Waals surface area contributed by atoms with Gasteiger partial charge in [0.1, 0.15) is 23.2 Å². The summed E-state index contributed by atoms with van der Waals surface area (Å²) >= 11 is 0. The van der Waals surface area contributed by atoms with E-state index in [1.807, 2.05) is 54.8 Å². The Labute approximate surface area is 242 Å². The van der Waals surface area contributed by atoms with Crippen LogP contribution in [0, 0.1) is 25.2 Å². The van der Waals surface area contributed by atoms with Gasteiger partial charge in [0.25, 0.3) is 5.91 Å². The fourth-order valence-electron chi connectivity index (χ4n) is 5.28. The Bertz CT molecular complexity index is 1800. The van der Waals surface area contributed by atoms with Crippen LogP contribution in [0.2, 0.25) is 0 Å². The summed E-state index contributed by atoms with van der Waals surface area (Å²) in [5.74, 6) is -0.529. The van der Waals surface area contributed by atoms with Crippen molar-refractivity contribution in [2.24, 2.45) is 0 Å². The summed E-state index contributed by atoms with van der Waals surface area (Å²) in [4.78, 5) is 23.6. The Morgan fingerprint density at radius 2 is 1.76 bits per heavy atom. The number of fused-ring (bicyclic) bond motifs is 1. The molecule has 0 saturated carbocycles. The molecule has 1 fully saturated rings. The van der Waals surface area contributed by atoms with Crippen LogP contribution in [0.4, 0.5) is 11.6 Å². The van der Waals surface area contributed by atoms with Crippen LogP contribution in [0.25, 0.3) is 28.2 Å². The van der Waals surface area contributed by atoms with Crippen LogP contribution < -0.4 is 11.1 Å². The second-order valence-electron chi connectivity index (χ2n) is 10.4. The summed E-state index contributed by atoms with van der Waals surface area (Å²) in [6.07, 6.45) is 4.50. The molecule has 1 aliphatic heterocycles. The summed E-state index contributed by atoms with van der Waals surface area (Å²) in [5.41, 5.74) is 11.3. The van der Waals surface area contributed by atoms with E-state index in [1.165, 1.54) is 0 Å². The molecule has 0 unspecified atom stereocenters. The van der Waals surface area contributed by atoms with E-state index >= 15 is 0 Å². The number of likely N-dealkylation sites (tertiary alicyclic amines) is 1. The molecule has 6 rings (SSSR count). The zero-order valence-corrected chi connectivity index (χ0v) is 23.2. The van der Waals surface area contributed by atoms with E-state index in [1.54, 1.807) is 35.5 Å². The number of aliphatic hydroxyl groups is 2. The van der Waals surface area contributed by atoms with Crippen molar-refractivity contribution in [3.63, 3.8) is 0 Å². The van der Waals surface area contributed by atoms with Gasteiger partial charge in [0.2, 0.25) is 5.82 Å². The number of pyridine rings is 2. The van der Waals surface area contributed by atoms with E-state index in [0.717, 1.165) is 22.5 Å². The van der Waals surface area contributed by atoms with E-state index in [9.17, 15) is 10.2 Å². The van der Waals surface area contributed by atoms with Gasteiger partial charge < -0.3 is 21.3 Å². The zero-order valence-electron chi connectivity index (χ0n) is 23.2. The van der Waals surface area contributed by atoms with Gasteiger partial charge in [-0.1, -0.05) is 12.1 Å². The van der Waals surface area contributed by atoms with E-state index < -0.39 is 5.91 Å². The average molecular weight is 563 g/mol. The van der Waals surface area contributed by atoms with E-state index in [0.29, 0.717) is 60.2 Å². The van der Waals surface area contributed by atoms with Crippen molar-refractivity contribution < 1.29 is 10.2 Å². The minimum absolute atomic E-state index is 0.0771. The molecule has 0 amide bonds. The number of hydrogen-bond donors (Lipinski definition) is 4. The normalized spacial score (nSPS) is 14.6. The molecule has 5 heterocycles. The molecule has 4 aromatic heterocycles. The first kappa shape index (κ1) is 27.2. The number of nitrogens with two attached hydrogens (primary N) is 1. The smallest absolute Gasteiger partial charge is 0.253 e. The summed E-state index contributed by atoms with van der Waals surface area (Å²) in [7, 11) is 0. The van der Waals surface area contributed by atoms with Gasteiger partial charge in [-0.2, -0.15) is 5.26 Å². The number of anilines is 2. The van der Waals surface area contributed by atoms with Crippen LogP contribution in [0.1, 0.15) is 35.5 Å². The Balaban J connectivity index is 1.25. The Morgan fingerprint density at radius 3 is 2.48 bits per heavy atom. The maximum absolute atomic E-state index is 11.2. The van der Waals surface area contributed by atoms with Crippen molar-refractivity contribution in [1.29, 1.82) is 5.26 Å². The minimum atomic E-state index is -2.16. The maximum atomic E-state index is 11.2. The number of benzene rings is 1. The minimum Gasteiger partial charge on any atom is -0.383 e. The van der Waals surface area contributed by atoms with Gasteiger partial charge in [0.05, 0.1) is 5.56 Å². The van der Waals surface area contributed by atoms with Crippen LogP contribution in [-0.4, -0.2) is 63.7 Å². The molecule has 5 aromatic rings. The van der Waals surface area contributed by atoms with Gasteiger partial charge in [0, 0.05) is 48.5 Å². The van der Waals surface area contributed by atoms with Crippen molar-refractivity contribution in [3.05, 3.63) is 83.6 Å². The lowest BCUT2D eigenvalue weighted by atomic mass is 10.0. The average Bonchev–Trinajstić information content (AvgIpc) is 3.35. The molecule has 0 bridgehead atoms. The number of aryl methyl sites for hydroxylation is 2.